The zero-order chi connectivity index (χ0) is 12.7. The van der Waals surface area contributed by atoms with Crippen molar-refractivity contribution < 1.29 is 9.47 Å². The van der Waals surface area contributed by atoms with Gasteiger partial charge in [0.05, 0.1) is 7.11 Å². The van der Waals surface area contributed by atoms with Gasteiger partial charge < -0.3 is 14.8 Å². The van der Waals surface area contributed by atoms with Crippen LogP contribution in [-0.2, 0) is 6.54 Å². The second-order valence-corrected chi connectivity index (χ2v) is 4.11. The zero-order valence-electron chi connectivity index (χ0n) is 10.3. The van der Waals surface area contributed by atoms with E-state index in [1.165, 1.54) is 0 Å². The van der Waals surface area contributed by atoms with Crippen LogP contribution in [0.25, 0.3) is 0 Å². The number of rotatable bonds is 7. The Kier molecular flexibility index (Phi) is 5.87. The molecule has 0 bridgehead atoms. The van der Waals surface area contributed by atoms with Gasteiger partial charge in [-0.25, -0.2) is 0 Å². The maximum absolute atomic E-state index is 5.65. The van der Waals surface area contributed by atoms with Gasteiger partial charge in [-0.15, -0.1) is 0 Å². The molecule has 4 heteroatoms. The van der Waals surface area contributed by atoms with Gasteiger partial charge in [0.25, 0.3) is 0 Å². The number of ether oxygens (including phenoxy) is 2. The summed E-state index contributed by atoms with van der Waals surface area (Å²) in [6.45, 7) is 7.68. The molecule has 0 aliphatic carbocycles. The number of nitrogens with one attached hydrogen (secondary N) is 1. The lowest BCUT2D eigenvalue weighted by molar-refractivity contribution is 0.324. The smallest absolute Gasteiger partial charge is 0.161 e. The van der Waals surface area contributed by atoms with Crippen molar-refractivity contribution in [3.8, 4) is 11.5 Å². The fourth-order valence-electron chi connectivity index (χ4n) is 1.37. The third kappa shape index (κ3) is 4.67. The lowest BCUT2D eigenvalue weighted by atomic mass is 10.2. The van der Waals surface area contributed by atoms with E-state index in [-0.39, 0.29) is 6.61 Å². The molecule has 17 heavy (non-hydrogen) atoms. The summed E-state index contributed by atoms with van der Waals surface area (Å²) in [7, 11) is 1.62. The Balaban J connectivity index is 2.74. The Morgan fingerprint density at radius 1 is 1.41 bits per heavy atom. The molecular formula is C13H18ClNO2. The summed E-state index contributed by atoms with van der Waals surface area (Å²) in [6, 6.07) is 5.83. The van der Waals surface area contributed by atoms with Gasteiger partial charge in [0.15, 0.2) is 11.5 Å². The first-order valence-electron chi connectivity index (χ1n) is 5.51. The van der Waals surface area contributed by atoms with E-state index in [0.29, 0.717) is 16.5 Å². The molecule has 1 N–H and O–H groups in total. The Bertz CT molecular complexity index is 380. The molecule has 0 fully saturated rings. The number of hydrogen-bond donors (Lipinski definition) is 1. The molecule has 0 atom stereocenters. The lowest BCUT2D eigenvalue weighted by Gasteiger charge is -2.11. The zero-order valence-corrected chi connectivity index (χ0v) is 11.0. The van der Waals surface area contributed by atoms with Gasteiger partial charge in [-0.2, -0.15) is 0 Å². The molecule has 0 amide bonds. The third-order valence-corrected chi connectivity index (χ3v) is 2.30. The summed E-state index contributed by atoms with van der Waals surface area (Å²) >= 11 is 5.65. The van der Waals surface area contributed by atoms with E-state index in [2.05, 4.69) is 18.8 Å². The van der Waals surface area contributed by atoms with Crippen LogP contribution in [0.1, 0.15) is 12.5 Å². The average Bonchev–Trinajstić information content (AvgIpc) is 2.34. The minimum absolute atomic E-state index is 0.282. The Morgan fingerprint density at radius 2 is 2.18 bits per heavy atom. The van der Waals surface area contributed by atoms with Gasteiger partial charge in [0.2, 0.25) is 0 Å². The minimum Gasteiger partial charge on any atom is -0.493 e. The van der Waals surface area contributed by atoms with E-state index in [1.807, 2.05) is 18.2 Å². The molecular weight excluding hydrogens is 238 g/mol. The van der Waals surface area contributed by atoms with Crippen LogP contribution in [0.5, 0.6) is 11.5 Å². The second-order valence-electron chi connectivity index (χ2n) is 3.57. The summed E-state index contributed by atoms with van der Waals surface area (Å²) in [5.74, 6) is 1.38. The standard InChI is InChI=1S/C13H18ClNO2/c1-4-15-8-11-5-6-12(13(7-11)16-3)17-9-10(2)14/h5-7,15H,2,4,8-9H2,1,3H3. The highest BCUT2D eigenvalue weighted by molar-refractivity contribution is 6.29. The quantitative estimate of drug-likeness (QED) is 0.813. The number of methoxy groups -OCH3 is 1. The molecule has 0 saturated heterocycles. The van der Waals surface area contributed by atoms with Gasteiger partial charge >= 0.3 is 0 Å². The maximum Gasteiger partial charge on any atom is 0.161 e. The molecule has 0 heterocycles. The predicted octanol–water partition coefficient (Wildman–Crippen LogP) is 2.94. The van der Waals surface area contributed by atoms with Crippen molar-refractivity contribution in [3.05, 3.63) is 35.4 Å². The van der Waals surface area contributed by atoms with E-state index < -0.39 is 0 Å². The summed E-state index contributed by atoms with van der Waals surface area (Å²) in [5, 5.41) is 3.72. The highest BCUT2D eigenvalue weighted by atomic mass is 35.5. The van der Waals surface area contributed by atoms with Crippen LogP contribution >= 0.6 is 11.6 Å². The number of benzene rings is 1. The van der Waals surface area contributed by atoms with Crippen LogP contribution in [0.4, 0.5) is 0 Å². The largest absolute Gasteiger partial charge is 0.493 e. The fraction of sp³-hybridized carbons (Fsp3) is 0.385. The van der Waals surface area contributed by atoms with Crippen molar-refractivity contribution in [2.45, 2.75) is 13.5 Å². The monoisotopic (exact) mass is 255 g/mol. The maximum atomic E-state index is 5.65. The topological polar surface area (TPSA) is 30.5 Å². The molecule has 94 valence electrons. The van der Waals surface area contributed by atoms with Crippen LogP contribution in [0.3, 0.4) is 0 Å². The second kappa shape index (κ2) is 7.20. The van der Waals surface area contributed by atoms with Gasteiger partial charge in [0.1, 0.15) is 6.61 Å². The third-order valence-electron chi connectivity index (χ3n) is 2.19. The highest BCUT2D eigenvalue weighted by Gasteiger charge is 2.05. The van der Waals surface area contributed by atoms with E-state index in [9.17, 15) is 0 Å². The SMILES string of the molecule is C=C(Cl)COc1ccc(CNCC)cc1OC. The summed E-state index contributed by atoms with van der Waals surface area (Å²) in [5.41, 5.74) is 1.15. The Morgan fingerprint density at radius 3 is 2.76 bits per heavy atom. The normalized spacial score (nSPS) is 10.1. The first-order chi connectivity index (χ1) is 8.17. The van der Waals surface area contributed by atoms with E-state index in [0.717, 1.165) is 18.7 Å². The van der Waals surface area contributed by atoms with Gasteiger partial charge in [-0.3, -0.25) is 0 Å². The van der Waals surface area contributed by atoms with E-state index in [4.69, 9.17) is 21.1 Å². The number of halogens is 1. The first-order valence-corrected chi connectivity index (χ1v) is 5.89. The van der Waals surface area contributed by atoms with Crippen molar-refractivity contribution in [3.63, 3.8) is 0 Å². The van der Waals surface area contributed by atoms with Crippen molar-refractivity contribution in [2.24, 2.45) is 0 Å². The molecule has 3 nitrogen and oxygen atoms in total. The van der Waals surface area contributed by atoms with Crippen molar-refractivity contribution in [1.82, 2.24) is 5.32 Å². The summed E-state index contributed by atoms with van der Waals surface area (Å²) in [6.07, 6.45) is 0. The van der Waals surface area contributed by atoms with Crippen LogP contribution in [-0.4, -0.2) is 20.3 Å². The fourth-order valence-corrected chi connectivity index (χ4v) is 1.42. The molecule has 0 aliphatic heterocycles. The van der Waals surface area contributed by atoms with Gasteiger partial charge in [0, 0.05) is 11.6 Å². The van der Waals surface area contributed by atoms with E-state index >= 15 is 0 Å². The first kappa shape index (κ1) is 13.9. The van der Waals surface area contributed by atoms with Gasteiger partial charge in [-0.1, -0.05) is 31.2 Å². The molecule has 0 aromatic heterocycles. The van der Waals surface area contributed by atoms with E-state index in [1.54, 1.807) is 7.11 Å². The highest BCUT2D eigenvalue weighted by Crippen LogP contribution is 2.28. The molecule has 0 aliphatic rings. The molecule has 1 aromatic rings. The lowest BCUT2D eigenvalue weighted by Crippen LogP contribution is -2.11. The summed E-state index contributed by atoms with van der Waals surface area (Å²) in [4.78, 5) is 0. The van der Waals surface area contributed by atoms with Crippen LogP contribution < -0.4 is 14.8 Å². The summed E-state index contributed by atoms with van der Waals surface area (Å²) < 4.78 is 10.7. The Hall–Kier alpha value is -1.19. The van der Waals surface area contributed by atoms with Crippen molar-refractivity contribution in [2.75, 3.05) is 20.3 Å². The molecule has 0 radical (unpaired) electrons. The van der Waals surface area contributed by atoms with Gasteiger partial charge in [-0.05, 0) is 24.2 Å². The van der Waals surface area contributed by atoms with Crippen LogP contribution in [0.15, 0.2) is 29.8 Å². The average molecular weight is 256 g/mol. The molecule has 0 unspecified atom stereocenters. The predicted molar refractivity (Wildman–Crippen MR) is 70.9 cm³/mol. The van der Waals surface area contributed by atoms with Crippen molar-refractivity contribution >= 4 is 11.6 Å². The molecule has 0 saturated carbocycles. The number of hydrogen-bond acceptors (Lipinski definition) is 3. The van der Waals surface area contributed by atoms with Crippen LogP contribution in [0.2, 0.25) is 0 Å². The van der Waals surface area contributed by atoms with Crippen LogP contribution in [0, 0.1) is 0 Å². The Labute approximate surface area is 107 Å². The molecule has 1 rings (SSSR count). The molecule has 0 spiro atoms. The van der Waals surface area contributed by atoms with Crippen molar-refractivity contribution in [1.29, 1.82) is 0 Å². The minimum atomic E-state index is 0.282. The molecule has 1 aromatic carbocycles.